The zero-order valence-electron chi connectivity index (χ0n) is 16.9. The summed E-state index contributed by atoms with van der Waals surface area (Å²) in [4.78, 5) is 15.1. The Bertz CT molecular complexity index is 465. The van der Waals surface area contributed by atoms with E-state index in [2.05, 4.69) is 50.9 Å². The number of carbonyl (C=O) groups excluding carboxylic acids is 1. The Hall–Kier alpha value is -1.12. The molecule has 1 saturated heterocycles. The van der Waals surface area contributed by atoms with Crippen molar-refractivity contribution in [1.29, 1.82) is 5.26 Å². The summed E-state index contributed by atoms with van der Waals surface area (Å²) in [5.74, 6) is -0.186. The second kappa shape index (κ2) is 9.54. The summed E-state index contributed by atoms with van der Waals surface area (Å²) in [5, 5.41) is 12.9. The van der Waals surface area contributed by atoms with Crippen molar-refractivity contribution in [1.82, 2.24) is 10.2 Å². The molecule has 0 spiro atoms. The third kappa shape index (κ3) is 6.95. The van der Waals surface area contributed by atoms with Crippen molar-refractivity contribution in [3.8, 4) is 6.07 Å². The second-order valence-corrected chi connectivity index (χ2v) is 8.84. The minimum Gasteiger partial charge on any atom is -0.336 e. The van der Waals surface area contributed by atoms with E-state index in [0.29, 0.717) is 25.3 Å². The summed E-state index contributed by atoms with van der Waals surface area (Å²) in [6.45, 7) is 12.5. The fourth-order valence-electron chi connectivity index (χ4n) is 3.78. The second-order valence-electron chi connectivity index (χ2n) is 8.84. The predicted molar refractivity (Wildman–Crippen MR) is 103 cm³/mol. The van der Waals surface area contributed by atoms with Gasteiger partial charge in [0, 0.05) is 12.6 Å². The van der Waals surface area contributed by atoms with Gasteiger partial charge in [0.1, 0.15) is 5.54 Å². The number of rotatable bonds is 8. The fourth-order valence-corrected chi connectivity index (χ4v) is 3.78. The highest BCUT2D eigenvalue weighted by molar-refractivity contribution is 5.82. The SMILES string of the molecule is CCCCC1CC(C#N)(NC(=O)C(N)CC(C)(C)C)CCN1CCC. The molecular formula is C20H38N4O. The zero-order valence-corrected chi connectivity index (χ0v) is 16.9. The molecule has 3 atom stereocenters. The van der Waals surface area contributed by atoms with Crippen LogP contribution < -0.4 is 11.1 Å². The van der Waals surface area contributed by atoms with Crippen molar-refractivity contribution in [3.05, 3.63) is 0 Å². The van der Waals surface area contributed by atoms with Crippen LogP contribution in [0, 0.1) is 16.7 Å². The van der Waals surface area contributed by atoms with Crippen LogP contribution in [0.1, 0.15) is 79.6 Å². The molecule has 25 heavy (non-hydrogen) atoms. The zero-order chi connectivity index (χ0) is 19.1. The molecule has 0 aromatic rings. The van der Waals surface area contributed by atoms with Crippen LogP contribution in [0.4, 0.5) is 0 Å². The highest BCUT2D eigenvalue weighted by Crippen LogP contribution is 2.30. The lowest BCUT2D eigenvalue weighted by Gasteiger charge is -2.44. The van der Waals surface area contributed by atoms with E-state index in [4.69, 9.17) is 5.73 Å². The van der Waals surface area contributed by atoms with Crippen molar-refractivity contribution in [2.24, 2.45) is 11.1 Å². The van der Waals surface area contributed by atoms with E-state index < -0.39 is 11.6 Å². The van der Waals surface area contributed by atoms with Gasteiger partial charge in [-0.05, 0) is 44.1 Å². The highest BCUT2D eigenvalue weighted by atomic mass is 16.2. The Labute approximate surface area is 154 Å². The van der Waals surface area contributed by atoms with Gasteiger partial charge >= 0.3 is 0 Å². The Balaban J connectivity index is 2.80. The van der Waals surface area contributed by atoms with E-state index >= 15 is 0 Å². The van der Waals surface area contributed by atoms with E-state index in [1.807, 2.05) is 0 Å². The van der Waals surface area contributed by atoms with Crippen LogP contribution in [0.3, 0.4) is 0 Å². The van der Waals surface area contributed by atoms with Gasteiger partial charge in [0.05, 0.1) is 12.1 Å². The minimum atomic E-state index is -0.769. The van der Waals surface area contributed by atoms with Crippen LogP contribution >= 0.6 is 0 Å². The van der Waals surface area contributed by atoms with E-state index in [1.165, 1.54) is 0 Å². The summed E-state index contributed by atoms with van der Waals surface area (Å²) in [6.07, 6.45) is 6.51. The molecule has 0 bridgehead atoms. The summed E-state index contributed by atoms with van der Waals surface area (Å²) in [5.41, 5.74) is 5.31. The number of carbonyl (C=O) groups is 1. The number of hydrogen-bond donors (Lipinski definition) is 2. The molecule has 0 aromatic heterocycles. The summed E-state index contributed by atoms with van der Waals surface area (Å²) >= 11 is 0. The first-order valence-corrected chi connectivity index (χ1v) is 9.89. The van der Waals surface area contributed by atoms with E-state index in [9.17, 15) is 10.1 Å². The van der Waals surface area contributed by atoms with Gasteiger partial charge in [-0.1, -0.05) is 47.5 Å². The summed E-state index contributed by atoms with van der Waals surface area (Å²) in [7, 11) is 0. The minimum absolute atomic E-state index is 0.00921. The number of amides is 1. The topological polar surface area (TPSA) is 82.1 Å². The quantitative estimate of drug-likeness (QED) is 0.704. The van der Waals surface area contributed by atoms with Crippen LogP contribution in [0.15, 0.2) is 0 Å². The Morgan fingerprint density at radius 2 is 2.08 bits per heavy atom. The Morgan fingerprint density at radius 3 is 2.60 bits per heavy atom. The first-order chi connectivity index (χ1) is 11.7. The van der Waals surface area contributed by atoms with Gasteiger partial charge in [0.2, 0.25) is 5.91 Å². The van der Waals surface area contributed by atoms with Crippen LogP contribution in [0.25, 0.3) is 0 Å². The molecule has 0 saturated carbocycles. The number of nitrogens with one attached hydrogen (secondary N) is 1. The molecule has 1 heterocycles. The summed E-state index contributed by atoms with van der Waals surface area (Å²) < 4.78 is 0. The number of nitriles is 1. The number of hydrogen-bond acceptors (Lipinski definition) is 4. The normalized spacial score (nSPS) is 26.0. The number of nitrogens with two attached hydrogens (primary N) is 1. The van der Waals surface area contributed by atoms with Gasteiger partial charge in [-0.25, -0.2) is 0 Å². The van der Waals surface area contributed by atoms with E-state index in [1.54, 1.807) is 0 Å². The van der Waals surface area contributed by atoms with Crippen molar-refractivity contribution >= 4 is 5.91 Å². The van der Waals surface area contributed by atoms with E-state index in [-0.39, 0.29) is 11.3 Å². The van der Waals surface area contributed by atoms with Crippen LogP contribution in [0.5, 0.6) is 0 Å². The Morgan fingerprint density at radius 1 is 1.40 bits per heavy atom. The largest absolute Gasteiger partial charge is 0.336 e. The van der Waals surface area contributed by atoms with Crippen molar-refractivity contribution in [3.63, 3.8) is 0 Å². The molecule has 5 nitrogen and oxygen atoms in total. The van der Waals surface area contributed by atoms with Crippen LogP contribution in [-0.4, -0.2) is 41.5 Å². The lowest BCUT2D eigenvalue weighted by Crippen LogP contribution is -2.60. The third-order valence-electron chi connectivity index (χ3n) is 5.07. The molecule has 144 valence electrons. The molecule has 5 heteroatoms. The molecule has 1 amide bonds. The molecule has 1 fully saturated rings. The smallest absolute Gasteiger partial charge is 0.238 e. The first-order valence-electron chi connectivity index (χ1n) is 9.89. The lowest BCUT2D eigenvalue weighted by atomic mass is 9.81. The van der Waals surface area contributed by atoms with Crippen molar-refractivity contribution in [2.75, 3.05) is 13.1 Å². The molecule has 0 aliphatic carbocycles. The maximum atomic E-state index is 12.6. The molecule has 1 aliphatic heterocycles. The molecular weight excluding hydrogens is 312 g/mol. The number of nitrogens with zero attached hydrogens (tertiary/aromatic N) is 2. The molecule has 3 unspecified atom stereocenters. The summed E-state index contributed by atoms with van der Waals surface area (Å²) in [6, 6.07) is 2.23. The predicted octanol–water partition coefficient (Wildman–Crippen LogP) is 3.19. The Kier molecular flexibility index (Phi) is 8.37. The van der Waals surface area contributed by atoms with Gasteiger partial charge in [-0.3, -0.25) is 4.79 Å². The highest BCUT2D eigenvalue weighted by Gasteiger charge is 2.41. The molecule has 1 aliphatic rings. The molecule has 0 radical (unpaired) electrons. The van der Waals surface area contributed by atoms with Gasteiger partial charge < -0.3 is 16.0 Å². The lowest BCUT2D eigenvalue weighted by molar-refractivity contribution is -0.125. The van der Waals surface area contributed by atoms with Crippen molar-refractivity contribution < 1.29 is 4.79 Å². The molecule has 3 N–H and O–H groups in total. The van der Waals surface area contributed by atoms with Gasteiger partial charge in [-0.2, -0.15) is 5.26 Å². The average Bonchev–Trinajstić information content (AvgIpc) is 2.53. The standard InChI is InChI=1S/C20H38N4O/c1-6-8-9-16-13-20(15-21,10-12-24(16)11-7-2)23-18(25)17(22)14-19(3,4)5/h16-17H,6-14,22H2,1-5H3,(H,23,25). The monoisotopic (exact) mass is 350 g/mol. The van der Waals surface area contributed by atoms with Gasteiger partial charge in [0.25, 0.3) is 0 Å². The fraction of sp³-hybridized carbons (Fsp3) is 0.900. The van der Waals surface area contributed by atoms with Gasteiger partial charge in [-0.15, -0.1) is 0 Å². The maximum absolute atomic E-state index is 12.6. The molecule has 1 rings (SSSR count). The van der Waals surface area contributed by atoms with Crippen LogP contribution in [-0.2, 0) is 4.79 Å². The number of likely N-dealkylation sites (tertiary alicyclic amines) is 1. The third-order valence-corrected chi connectivity index (χ3v) is 5.07. The number of unbranched alkanes of at least 4 members (excludes halogenated alkanes) is 1. The average molecular weight is 351 g/mol. The molecule has 0 aromatic carbocycles. The van der Waals surface area contributed by atoms with E-state index in [0.717, 1.165) is 38.8 Å². The maximum Gasteiger partial charge on any atom is 0.238 e. The van der Waals surface area contributed by atoms with Gasteiger partial charge in [0.15, 0.2) is 0 Å². The number of piperidine rings is 1. The first kappa shape index (κ1) is 21.9. The van der Waals surface area contributed by atoms with Crippen molar-refractivity contribution in [2.45, 2.75) is 97.2 Å². The van der Waals surface area contributed by atoms with Crippen LogP contribution in [0.2, 0.25) is 0 Å².